The molecule has 0 spiro atoms. The number of phenols is 1. The van der Waals surface area contributed by atoms with E-state index in [2.05, 4.69) is 41.9 Å². The molecule has 1 fully saturated rings. The predicted molar refractivity (Wildman–Crippen MR) is 224 cm³/mol. The molecule has 0 aliphatic carbocycles. The lowest BCUT2D eigenvalue weighted by Crippen LogP contribution is -2.59. The number of nitrogens with zero attached hydrogens (tertiary/aromatic N) is 2. The predicted octanol–water partition coefficient (Wildman–Crippen LogP) is 0.284. The Balaban J connectivity index is 1.95. The number of hydrogen-bond acceptors (Lipinski definition) is 9. The topological polar surface area (TPSA) is 316 Å². The quantitative estimate of drug-likeness (QED) is 0.0740. The minimum atomic E-state index is -1.33. The average Bonchev–Trinajstić information content (AvgIpc) is 3.56. The van der Waals surface area contributed by atoms with E-state index in [-0.39, 0.29) is 81.6 Å². The highest BCUT2D eigenvalue weighted by molar-refractivity contribution is 5.97. The second-order valence-corrected chi connectivity index (χ2v) is 16.1. The van der Waals surface area contributed by atoms with Crippen LogP contribution in [0.3, 0.4) is 0 Å². The van der Waals surface area contributed by atoms with Crippen LogP contribution in [-0.2, 0) is 35.2 Å². The number of H-pyrrole nitrogens is 1. The molecule has 1 saturated heterocycles. The van der Waals surface area contributed by atoms with Crippen molar-refractivity contribution in [2.24, 2.45) is 28.3 Å². The van der Waals surface area contributed by atoms with E-state index in [1.165, 1.54) is 24.9 Å². The Bertz CT molecular complexity index is 1860. The summed E-state index contributed by atoms with van der Waals surface area (Å²) >= 11 is 0. The van der Waals surface area contributed by atoms with Gasteiger partial charge in [0.1, 0.15) is 42.0 Å². The van der Waals surface area contributed by atoms with Gasteiger partial charge in [-0.1, -0.05) is 27.7 Å². The molecule has 1 aromatic heterocycles. The summed E-state index contributed by atoms with van der Waals surface area (Å²) in [6.07, 6.45) is 3.03. The lowest BCUT2D eigenvalue weighted by Gasteiger charge is -2.33. The van der Waals surface area contributed by atoms with Crippen molar-refractivity contribution in [2.75, 3.05) is 20.1 Å². The Morgan fingerprint density at radius 2 is 1.62 bits per heavy atom. The first-order chi connectivity index (χ1) is 28.3. The molecule has 13 N–H and O–H groups in total. The maximum Gasteiger partial charge on any atom is 0.326 e. The van der Waals surface area contributed by atoms with E-state index in [0.717, 1.165) is 0 Å². The third-order valence-electron chi connectivity index (χ3n) is 10.1. The van der Waals surface area contributed by atoms with Crippen LogP contribution in [0.2, 0.25) is 0 Å². The fraction of sp³-hybridized carbons (Fsp3) is 0.600. The molecule has 20 heteroatoms. The fourth-order valence-corrected chi connectivity index (χ4v) is 6.88. The van der Waals surface area contributed by atoms with E-state index < -0.39 is 77.8 Å². The Hall–Kier alpha value is -6.08. The summed E-state index contributed by atoms with van der Waals surface area (Å²) < 4.78 is 0. The molecule has 3 rings (SSSR count). The maximum absolute atomic E-state index is 14.2. The molecular weight excluding hydrogens is 779 g/mol. The zero-order valence-corrected chi connectivity index (χ0v) is 35.3. The number of guanidine groups is 1. The summed E-state index contributed by atoms with van der Waals surface area (Å²) in [5, 5.41) is 36.5. The summed E-state index contributed by atoms with van der Waals surface area (Å²) in [7, 11) is 1.47. The van der Waals surface area contributed by atoms with Crippen LogP contribution in [0.5, 0.6) is 5.75 Å². The standard InChI is InChI=1S/C40H63N11O9/c1-21(2)16-31-37(57)51(6)32(17-22(3)4)36(56)47-30(18-24-20-45-27-13-12-25(52)19-26(24)27)34(54)43-14-8-7-10-28(35(55)46-23(5)33(53)48-31)49-40(60)50-29(38(58)59)11-9-15-44-39(41)42/h12-13,19-23,28-32,45,52H,7-11,14-18H2,1-6H3,(H,43,54)(H,46,55)(H,47,56)(H,48,53)(H,58,59)(H4,41,42,44)(H2,49,50,60)/t23-,28+,29-,30-,31-,32-/m0/s1. The monoisotopic (exact) mass is 841 g/mol. The van der Waals surface area contributed by atoms with E-state index >= 15 is 0 Å². The number of likely N-dealkylation sites (N-methyl/N-ethyl adjacent to an activating group) is 1. The van der Waals surface area contributed by atoms with Gasteiger partial charge in [-0.15, -0.1) is 0 Å². The van der Waals surface area contributed by atoms with E-state index in [9.17, 15) is 43.8 Å². The fourth-order valence-electron chi connectivity index (χ4n) is 6.88. The van der Waals surface area contributed by atoms with Crippen molar-refractivity contribution in [3.63, 3.8) is 0 Å². The number of phenolic OH excluding ortho intramolecular Hbond substituents is 1. The number of rotatable bonds is 13. The van der Waals surface area contributed by atoms with E-state index in [1.54, 1.807) is 18.3 Å². The molecule has 1 aliphatic heterocycles. The molecule has 1 aliphatic rings. The Kier molecular flexibility index (Phi) is 18.4. The molecule has 0 radical (unpaired) electrons. The summed E-state index contributed by atoms with van der Waals surface area (Å²) in [5.74, 6) is -4.64. The number of aromatic hydroxyl groups is 1. The molecular formula is C40H63N11O9. The van der Waals surface area contributed by atoms with Crippen molar-refractivity contribution in [1.82, 2.24) is 41.8 Å². The molecule has 6 atom stereocenters. The zero-order chi connectivity index (χ0) is 44.7. The summed E-state index contributed by atoms with van der Waals surface area (Å²) in [6.45, 7) is 9.19. The molecule has 20 nitrogen and oxygen atoms in total. The Morgan fingerprint density at radius 1 is 0.933 bits per heavy atom. The van der Waals surface area contributed by atoms with Crippen LogP contribution in [-0.4, -0.2) is 124 Å². The number of carboxylic acids is 1. The number of carbonyl (C=O) groups excluding carboxylic acids is 6. The number of aliphatic imine (C=N–C) groups is 1. The second-order valence-electron chi connectivity index (χ2n) is 16.1. The Labute approximate surface area is 349 Å². The number of aromatic nitrogens is 1. The number of amides is 7. The third kappa shape index (κ3) is 14.9. The SMILES string of the molecule is CC(C)C[C@@H]1NC(=O)[C@H](C)NC(=O)[C@H](NC(=O)N[C@@H](CCCN=C(N)N)C(=O)O)CCCCNC(=O)[C@H](Cc2c[nH]c3ccc(O)cc23)NC(=O)[C@H](CC(C)C)N(C)C1=O. The van der Waals surface area contributed by atoms with Crippen molar-refractivity contribution in [1.29, 1.82) is 0 Å². The number of fused-ring (bicyclic) bond motifs is 1. The normalized spacial score (nSPS) is 22.1. The highest BCUT2D eigenvalue weighted by atomic mass is 16.4. The van der Waals surface area contributed by atoms with Crippen molar-refractivity contribution in [3.8, 4) is 5.75 Å². The number of nitrogens with two attached hydrogens (primary N) is 2. The highest BCUT2D eigenvalue weighted by Crippen LogP contribution is 2.24. The van der Waals surface area contributed by atoms with Gasteiger partial charge in [-0.3, -0.25) is 29.0 Å². The lowest BCUT2D eigenvalue weighted by molar-refractivity contribution is -0.143. The molecule has 0 bridgehead atoms. The molecule has 2 heterocycles. The van der Waals surface area contributed by atoms with Crippen LogP contribution < -0.4 is 43.4 Å². The molecule has 0 saturated carbocycles. The molecule has 7 amide bonds. The number of carbonyl (C=O) groups is 7. The van der Waals surface area contributed by atoms with Gasteiger partial charge in [0.25, 0.3) is 0 Å². The number of urea groups is 1. The van der Waals surface area contributed by atoms with E-state index in [1.807, 2.05) is 27.7 Å². The minimum Gasteiger partial charge on any atom is -0.508 e. The van der Waals surface area contributed by atoms with Crippen molar-refractivity contribution < 1.29 is 43.8 Å². The van der Waals surface area contributed by atoms with Crippen molar-refractivity contribution in [2.45, 2.75) is 122 Å². The van der Waals surface area contributed by atoms with Crippen molar-refractivity contribution >= 4 is 58.4 Å². The third-order valence-corrected chi connectivity index (χ3v) is 10.1. The van der Waals surface area contributed by atoms with E-state index in [0.29, 0.717) is 22.9 Å². The van der Waals surface area contributed by atoms with Gasteiger partial charge in [0, 0.05) is 43.7 Å². The number of nitrogens with one attached hydrogen (secondary N) is 7. The number of hydrogen-bond donors (Lipinski definition) is 11. The average molecular weight is 842 g/mol. The summed E-state index contributed by atoms with van der Waals surface area (Å²) in [6, 6.07) is -3.15. The Morgan fingerprint density at radius 3 is 2.27 bits per heavy atom. The van der Waals surface area contributed by atoms with Crippen LogP contribution in [0.15, 0.2) is 29.4 Å². The molecule has 2 aromatic rings. The van der Waals surface area contributed by atoms with Gasteiger partial charge in [0.2, 0.25) is 29.5 Å². The first-order valence-electron chi connectivity index (χ1n) is 20.4. The molecule has 1 aromatic carbocycles. The minimum absolute atomic E-state index is 0.0127. The highest BCUT2D eigenvalue weighted by Gasteiger charge is 2.36. The smallest absolute Gasteiger partial charge is 0.326 e. The van der Waals surface area contributed by atoms with Gasteiger partial charge in [0.15, 0.2) is 5.96 Å². The summed E-state index contributed by atoms with van der Waals surface area (Å²) in [5.41, 5.74) is 12.0. The molecule has 60 heavy (non-hydrogen) atoms. The van der Waals surface area contributed by atoms with E-state index in [4.69, 9.17) is 11.5 Å². The molecule has 0 unspecified atom stereocenters. The first-order valence-corrected chi connectivity index (χ1v) is 20.4. The van der Waals surface area contributed by atoms with Crippen LogP contribution >= 0.6 is 0 Å². The van der Waals surface area contributed by atoms with Crippen LogP contribution in [0, 0.1) is 11.8 Å². The van der Waals surface area contributed by atoms with Gasteiger partial charge in [-0.05, 0) is 87.5 Å². The number of carboxylic acid groups (broad SMARTS) is 1. The zero-order valence-electron chi connectivity index (χ0n) is 35.3. The van der Waals surface area contributed by atoms with Crippen molar-refractivity contribution in [3.05, 3.63) is 30.0 Å². The van der Waals surface area contributed by atoms with Gasteiger partial charge < -0.3 is 63.5 Å². The van der Waals surface area contributed by atoms with Crippen LogP contribution in [0.1, 0.15) is 85.1 Å². The number of benzene rings is 1. The molecule has 332 valence electrons. The first kappa shape index (κ1) is 48.3. The lowest BCUT2D eigenvalue weighted by atomic mass is 9.97. The number of aliphatic carboxylic acids is 1. The van der Waals surface area contributed by atoms with Gasteiger partial charge in [-0.25, -0.2) is 9.59 Å². The largest absolute Gasteiger partial charge is 0.508 e. The van der Waals surface area contributed by atoms with Gasteiger partial charge in [0.05, 0.1) is 0 Å². The van der Waals surface area contributed by atoms with Crippen LogP contribution in [0.25, 0.3) is 10.9 Å². The number of aromatic amines is 1. The second kappa shape index (κ2) is 22.9. The van der Waals surface area contributed by atoms with Gasteiger partial charge >= 0.3 is 12.0 Å². The van der Waals surface area contributed by atoms with Crippen LogP contribution in [0.4, 0.5) is 4.79 Å². The summed E-state index contributed by atoms with van der Waals surface area (Å²) in [4.78, 5) is 103. The van der Waals surface area contributed by atoms with Gasteiger partial charge in [-0.2, -0.15) is 0 Å². The maximum atomic E-state index is 14.2.